The Bertz CT molecular complexity index is 246. The monoisotopic (exact) mass is 212 g/mol. The summed E-state index contributed by atoms with van der Waals surface area (Å²) in [6, 6.07) is 6.74. The summed E-state index contributed by atoms with van der Waals surface area (Å²) in [5.74, 6) is -0.155. The van der Waals surface area contributed by atoms with Gasteiger partial charge >= 0.3 is 0 Å². The highest BCUT2D eigenvalue weighted by molar-refractivity contribution is 5.23. The standard InChI is InChI=1S/C10H13F.2C2H6/c1-10(2,3)8-5-4-6-9(11)7-8;2*1-2/h4-7H,1-3H3;2*1-2H3. The molecule has 0 bridgehead atoms. The highest BCUT2D eigenvalue weighted by Gasteiger charge is 2.13. The average molecular weight is 212 g/mol. The van der Waals surface area contributed by atoms with Crippen LogP contribution < -0.4 is 0 Å². The first-order valence-electron chi connectivity index (χ1n) is 5.76. The second-order valence-electron chi connectivity index (χ2n) is 3.76. The Kier molecular flexibility index (Phi) is 9.35. The van der Waals surface area contributed by atoms with Crippen molar-refractivity contribution in [2.45, 2.75) is 53.9 Å². The second kappa shape index (κ2) is 8.46. The number of rotatable bonds is 0. The van der Waals surface area contributed by atoms with Gasteiger partial charge in [-0.2, -0.15) is 0 Å². The van der Waals surface area contributed by atoms with Gasteiger partial charge in [0.1, 0.15) is 5.82 Å². The zero-order chi connectivity index (χ0) is 12.5. The fourth-order valence-corrected chi connectivity index (χ4v) is 0.955. The van der Waals surface area contributed by atoms with Gasteiger partial charge in [-0.15, -0.1) is 0 Å². The summed E-state index contributed by atoms with van der Waals surface area (Å²) in [6.45, 7) is 14.2. The first-order chi connectivity index (χ1) is 7.00. The summed E-state index contributed by atoms with van der Waals surface area (Å²) in [7, 11) is 0. The van der Waals surface area contributed by atoms with E-state index in [1.54, 1.807) is 12.1 Å². The van der Waals surface area contributed by atoms with Crippen LogP contribution in [0, 0.1) is 5.82 Å². The lowest BCUT2D eigenvalue weighted by molar-refractivity contribution is 0.572. The molecule has 1 aromatic carbocycles. The van der Waals surface area contributed by atoms with Crippen LogP contribution in [0.3, 0.4) is 0 Å². The lowest BCUT2D eigenvalue weighted by atomic mass is 9.87. The molecule has 1 heteroatoms. The van der Waals surface area contributed by atoms with Crippen LogP contribution in [0.25, 0.3) is 0 Å². The summed E-state index contributed by atoms with van der Waals surface area (Å²) in [5, 5.41) is 0. The van der Waals surface area contributed by atoms with E-state index >= 15 is 0 Å². The quantitative estimate of drug-likeness (QED) is 0.556. The summed E-state index contributed by atoms with van der Waals surface area (Å²) >= 11 is 0. The van der Waals surface area contributed by atoms with E-state index in [-0.39, 0.29) is 11.2 Å². The van der Waals surface area contributed by atoms with Gasteiger partial charge in [-0.3, -0.25) is 0 Å². The van der Waals surface area contributed by atoms with Crippen molar-refractivity contribution in [2.75, 3.05) is 0 Å². The Morgan fingerprint density at radius 3 is 1.67 bits per heavy atom. The molecule has 0 atom stereocenters. The van der Waals surface area contributed by atoms with Crippen LogP contribution in [-0.2, 0) is 5.41 Å². The molecule has 0 aliphatic rings. The van der Waals surface area contributed by atoms with Crippen LogP contribution in [0.4, 0.5) is 4.39 Å². The van der Waals surface area contributed by atoms with Crippen molar-refractivity contribution in [3.63, 3.8) is 0 Å². The molecule has 1 rings (SSSR count). The van der Waals surface area contributed by atoms with Crippen molar-refractivity contribution < 1.29 is 4.39 Å². The van der Waals surface area contributed by atoms with Gasteiger partial charge in [0, 0.05) is 0 Å². The van der Waals surface area contributed by atoms with E-state index in [1.807, 2.05) is 33.8 Å². The normalized spacial score (nSPS) is 9.33. The molecule has 0 unspecified atom stereocenters. The van der Waals surface area contributed by atoms with E-state index in [4.69, 9.17) is 0 Å². The molecule has 88 valence electrons. The summed E-state index contributed by atoms with van der Waals surface area (Å²) < 4.78 is 12.7. The van der Waals surface area contributed by atoms with E-state index in [1.165, 1.54) is 6.07 Å². The molecule has 0 heterocycles. The van der Waals surface area contributed by atoms with Crippen LogP contribution in [0.5, 0.6) is 0 Å². The molecule has 0 spiro atoms. The average Bonchev–Trinajstić information content (AvgIpc) is 2.23. The van der Waals surface area contributed by atoms with Gasteiger partial charge in [-0.1, -0.05) is 60.6 Å². The molecular formula is C14H25F. The van der Waals surface area contributed by atoms with Crippen molar-refractivity contribution in [1.82, 2.24) is 0 Å². The Morgan fingerprint density at radius 1 is 0.933 bits per heavy atom. The van der Waals surface area contributed by atoms with Gasteiger partial charge in [-0.25, -0.2) is 4.39 Å². The zero-order valence-corrected chi connectivity index (χ0v) is 11.2. The first-order valence-corrected chi connectivity index (χ1v) is 5.76. The second-order valence-corrected chi connectivity index (χ2v) is 3.76. The molecule has 1 aromatic rings. The molecular weight excluding hydrogens is 187 g/mol. The number of hydrogen-bond acceptors (Lipinski definition) is 0. The van der Waals surface area contributed by atoms with E-state index in [2.05, 4.69) is 20.8 Å². The molecule has 0 aromatic heterocycles. The SMILES string of the molecule is CC.CC.CC(C)(C)c1cccc(F)c1. The summed E-state index contributed by atoms with van der Waals surface area (Å²) in [6.07, 6.45) is 0. The van der Waals surface area contributed by atoms with Crippen molar-refractivity contribution in [3.05, 3.63) is 35.6 Å². The lowest BCUT2D eigenvalue weighted by Crippen LogP contribution is -2.10. The predicted octanol–water partition coefficient (Wildman–Crippen LogP) is 5.18. The van der Waals surface area contributed by atoms with Gasteiger partial charge < -0.3 is 0 Å². The van der Waals surface area contributed by atoms with Crippen molar-refractivity contribution in [1.29, 1.82) is 0 Å². The minimum atomic E-state index is -0.155. The maximum absolute atomic E-state index is 12.7. The maximum Gasteiger partial charge on any atom is 0.123 e. The minimum absolute atomic E-state index is 0.0437. The van der Waals surface area contributed by atoms with Crippen molar-refractivity contribution in [3.8, 4) is 0 Å². The van der Waals surface area contributed by atoms with Gasteiger partial charge in [0.2, 0.25) is 0 Å². The molecule has 0 aliphatic carbocycles. The summed E-state index contributed by atoms with van der Waals surface area (Å²) in [5.41, 5.74) is 1.08. The van der Waals surface area contributed by atoms with E-state index in [0.29, 0.717) is 0 Å². The molecule has 0 aliphatic heterocycles. The zero-order valence-electron chi connectivity index (χ0n) is 11.2. The third-order valence-corrected chi connectivity index (χ3v) is 1.69. The largest absolute Gasteiger partial charge is 0.207 e. The van der Waals surface area contributed by atoms with Crippen LogP contribution in [0.1, 0.15) is 54.0 Å². The smallest absolute Gasteiger partial charge is 0.123 e. The Hall–Kier alpha value is -0.850. The van der Waals surface area contributed by atoms with Crippen molar-refractivity contribution >= 4 is 0 Å². The Balaban J connectivity index is 0. The number of hydrogen-bond donors (Lipinski definition) is 0. The van der Waals surface area contributed by atoms with Gasteiger partial charge in [-0.05, 0) is 23.1 Å². The molecule has 0 N–H and O–H groups in total. The highest BCUT2D eigenvalue weighted by atomic mass is 19.1. The molecule has 0 saturated carbocycles. The van der Waals surface area contributed by atoms with Crippen LogP contribution in [-0.4, -0.2) is 0 Å². The highest BCUT2D eigenvalue weighted by Crippen LogP contribution is 2.21. The third-order valence-electron chi connectivity index (χ3n) is 1.69. The Labute approximate surface area is 94.5 Å². The predicted molar refractivity (Wildman–Crippen MR) is 67.8 cm³/mol. The van der Waals surface area contributed by atoms with Gasteiger partial charge in [0.15, 0.2) is 0 Å². The van der Waals surface area contributed by atoms with Gasteiger partial charge in [0.05, 0.1) is 0 Å². The van der Waals surface area contributed by atoms with Crippen molar-refractivity contribution in [2.24, 2.45) is 0 Å². The van der Waals surface area contributed by atoms with E-state index in [9.17, 15) is 4.39 Å². The van der Waals surface area contributed by atoms with Gasteiger partial charge in [0.25, 0.3) is 0 Å². The summed E-state index contributed by atoms with van der Waals surface area (Å²) in [4.78, 5) is 0. The molecule has 15 heavy (non-hydrogen) atoms. The fraction of sp³-hybridized carbons (Fsp3) is 0.571. The Morgan fingerprint density at radius 2 is 1.40 bits per heavy atom. The molecule has 0 amide bonds. The minimum Gasteiger partial charge on any atom is -0.207 e. The molecule has 0 fully saturated rings. The fourth-order valence-electron chi connectivity index (χ4n) is 0.955. The third kappa shape index (κ3) is 7.12. The molecule has 0 saturated heterocycles. The van der Waals surface area contributed by atoms with E-state index in [0.717, 1.165) is 5.56 Å². The first kappa shape index (κ1) is 16.6. The molecule has 0 nitrogen and oxygen atoms in total. The maximum atomic E-state index is 12.7. The topological polar surface area (TPSA) is 0 Å². The number of halogens is 1. The van der Waals surface area contributed by atoms with E-state index < -0.39 is 0 Å². The lowest BCUT2D eigenvalue weighted by Gasteiger charge is -2.18. The van der Waals surface area contributed by atoms with Crippen LogP contribution >= 0.6 is 0 Å². The molecule has 0 radical (unpaired) electrons. The number of benzene rings is 1. The van der Waals surface area contributed by atoms with Crippen LogP contribution in [0.15, 0.2) is 24.3 Å². The van der Waals surface area contributed by atoms with Crippen LogP contribution in [0.2, 0.25) is 0 Å².